The van der Waals surface area contributed by atoms with Crippen LogP contribution in [0.4, 0.5) is 0 Å². The fourth-order valence-electron chi connectivity index (χ4n) is 2.57. The van der Waals surface area contributed by atoms with E-state index in [1.54, 1.807) is 19.1 Å². The molecule has 0 unspecified atom stereocenters. The molecule has 158 valence electrons. The van der Waals surface area contributed by atoms with E-state index in [-0.39, 0.29) is 5.78 Å². The highest BCUT2D eigenvalue weighted by molar-refractivity contribution is 5.94. The van der Waals surface area contributed by atoms with Crippen molar-refractivity contribution in [2.45, 2.75) is 61.3 Å². The summed E-state index contributed by atoms with van der Waals surface area (Å²) in [6.07, 6.45) is 2.02. The van der Waals surface area contributed by atoms with Gasteiger partial charge in [0, 0.05) is 12.0 Å². The lowest BCUT2D eigenvalue weighted by molar-refractivity contribution is 0.101. The van der Waals surface area contributed by atoms with Crippen LogP contribution in [0.5, 0.6) is 5.75 Å². The molecule has 0 radical (unpaired) electrons. The van der Waals surface area contributed by atoms with Crippen LogP contribution in [0.3, 0.4) is 0 Å². The highest BCUT2D eigenvalue weighted by atomic mass is 16.5. The zero-order chi connectivity index (χ0) is 22.4. The Morgan fingerprint density at radius 1 is 0.897 bits per heavy atom. The molecule has 0 saturated heterocycles. The fraction of sp³-hybridized carbons (Fsp3) is 0.370. The third-order valence-electron chi connectivity index (χ3n) is 3.94. The third kappa shape index (κ3) is 9.43. The van der Waals surface area contributed by atoms with Crippen LogP contribution in [-0.4, -0.2) is 12.4 Å². The average Bonchev–Trinajstić information content (AvgIpc) is 2.70. The molecule has 0 aliphatic rings. The summed E-state index contributed by atoms with van der Waals surface area (Å²) in [5.41, 5.74) is 6.23. The zero-order valence-corrected chi connectivity index (χ0v) is 19.4. The van der Waals surface area contributed by atoms with Crippen LogP contribution >= 0.6 is 0 Å². The number of Topliss-reactive ketones (excluding diaryl/α,β-unsaturated/α-hetero) is 1. The van der Waals surface area contributed by atoms with Crippen molar-refractivity contribution in [1.29, 1.82) is 0 Å². The van der Waals surface area contributed by atoms with Gasteiger partial charge in [0.25, 0.3) is 0 Å². The molecule has 0 aromatic heterocycles. The molecule has 2 heteroatoms. The SMILES string of the molecule is C=C(C)c1ccc(C(=C)C)c(CCOc2cccc(C(C)=O)c2)c1.CC.CCC. The number of hydrogen-bond acceptors (Lipinski definition) is 2. The number of hydrogen-bond donors (Lipinski definition) is 0. The first-order chi connectivity index (χ1) is 13.8. The van der Waals surface area contributed by atoms with Gasteiger partial charge in [0.2, 0.25) is 0 Å². The largest absolute Gasteiger partial charge is 0.493 e. The Balaban J connectivity index is 0.00000143. The van der Waals surface area contributed by atoms with Gasteiger partial charge in [0.1, 0.15) is 5.75 Å². The normalized spacial score (nSPS) is 9.34. The van der Waals surface area contributed by atoms with E-state index in [0.717, 1.165) is 34.4 Å². The summed E-state index contributed by atoms with van der Waals surface area (Å²) >= 11 is 0. The van der Waals surface area contributed by atoms with E-state index in [1.807, 2.05) is 39.8 Å². The van der Waals surface area contributed by atoms with Crippen molar-refractivity contribution in [3.8, 4) is 5.75 Å². The summed E-state index contributed by atoms with van der Waals surface area (Å²) in [5.74, 6) is 0.759. The van der Waals surface area contributed by atoms with E-state index in [9.17, 15) is 4.79 Å². The first kappa shape index (κ1) is 26.4. The Morgan fingerprint density at radius 3 is 2.03 bits per heavy atom. The van der Waals surface area contributed by atoms with Crippen molar-refractivity contribution in [3.05, 3.63) is 77.9 Å². The smallest absolute Gasteiger partial charge is 0.159 e. The average molecular weight is 395 g/mol. The molecule has 2 aromatic rings. The molecule has 2 aromatic carbocycles. The molecule has 0 aliphatic carbocycles. The second kappa shape index (κ2) is 14.4. The second-order valence-electron chi connectivity index (χ2n) is 6.82. The number of ketones is 1. The van der Waals surface area contributed by atoms with Crippen molar-refractivity contribution in [2.24, 2.45) is 0 Å². The van der Waals surface area contributed by atoms with E-state index < -0.39 is 0 Å². The van der Waals surface area contributed by atoms with Crippen molar-refractivity contribution in [3.63, 3.8) is 0 Å². The minimum absolute atomic E-state index is 0.0409. The second-order valence-corrected chi connectivity index (χ2v) is 6.82. The van der Waals surface area contributed by atoms with E-state index in [2.05, 4.69) is 45.2 Å². The predicted octanol–water partition coefficient (Wildman–Crippen LogP) is 8.02. The van der Waals surface area contributed by atoms with Gasteiger partial charge in [0.05, 0.1) is 6.61 Å². The molecule has 2 nitrogen and oxygen atoms in total. The summed E-state index contributed by atoms with van der Waals surface area (Å²) < 4.78 is 5.83. The molecular formula is C27H38O2. The van der Waals surface area contributed by atoms with Gasteiger partial charge in [-0.2, -0.15) is 0 Å². The van der Waals surface area contributed by atoms with Gasteiger partial charge in [-0.05, 0) is 49.6 Å². The van der Waals surface area contributed by atoms with Gasteiger partial charge in [0.15, 0.2) is 5.78 Å². The quantitative estimate of drug-likeness (QED) is 0.444. The van der Waals surface area contributed by atoms with Crippen molar-refractivity contribution >= 4 is 16.9 Å². The van der Waals surface area contributed by atoms with E-state index in [4.69, 9.17) is 4.74 Å². The molecule has 2 rings (SSSR count). The molecule has 0 heterocycles. The van der Waals surface area contributed by atoms with E-state index in [0.29, 0.717) is 12.2 Å². The van der Waals surface area contributed by atoms with E-state index in [1.165, 1.54) is 12.0 Å². The van der Waals surface area contributed by atoms with Crippen molar-refractivity contribution in [2.75, 3.05) is 6.61 Å². The standard InChI is InChI=1S/C22H24O2.C3H8.C2H6/c1-15(2)18-9-10-22(16(3)4)20(13-18)11-12-24-21-8-6-7-19(14-21)17(5)23;1-3-2;1-2/h6-10,13-14H,1,3,11-12H2,2,4-5H3;3H2,1-2H3;1-2H3. The van der Waals surface area contributed by atoms with Gasteiger partial charge >= 0.3 is 0 Å². The molecular weight excluding hydrogens is 356 g/mol. The van der Waals surface area contributed by atoms with E-state index >= 15 is 0 Å². The summed E-state index contributed by atoms with van der Waals surface area (Å²) in [5, 5.41) is 0. The lowest BCUT2D eigenvalue weighted by atomic mass is 9.95. The molecule has 0 aliphatic heterocycles. The van der Waals surface area contributed by atoms with Gasteiger partial charge in [-0.3, -0.25) is 4.79 Å². The monoisotopic (exact) mass is 394 g/mol. The Labute approximate surface area is 178 Å². The molecule has 0 N–H and O–H groups in total. The van der Waals surface area contributed by atoms with Gasteiger partial charge in [-0.15, -0.1) is 0 Å². The number of carbonyl (C=O) groups is 1. The Hall–Kier alpha value is -2.61. The molecule has 29 heavy (non-hydrogen) atoms. The third-order valence-corrected chi connectivity index (χ3v) is 3.94. The van der Waals surface area contributed by atoms with Crippen molar-refractivity contribution in [1.82, 2.24) is 0 Å². The summed E-state index contributed by atoms with van der Waals surface area (Å²) in [7, 11) is 0. The van der Waals surface area contributed by atoms with Gasteiger partial charge < -0.3 is 4.74 Å². The molecule has 0 atom stereocenters. The fourth-order valence-corrected chi connectivity index (χ4v) is 2.57. The highest BCUT2D eigenvalue weighted by Crippen LogP contribution is 2.23. The van der Waals surface area contributed by atoms with Crippen LogP contribution in [0.25, 0.3) is 11.1 Å². The first-order valence-corrected chi connectivity index (χ1v) is 10.5. The zero-order valence-electron chi connectivity index (χ0n) is 19.4. The maximum absolute atomic E-state index is 11.4. The topological polar surface area (TPSA) is 26.3 Å². The van der Waals surface area contributed by atoms with Crippen LogP contribution in [0.15, 0.2) is 55.6 Å². The summed E-state index contributed by atoms with van der Waals surface area (Å²) in [6, 6.07) is 13.6. The Kier molecular flexibility index (Phi) is 13.1. The summed E-state index contributed by atoms with van der Waals surface area (Å²) in [4.78, 5) is 11.4. The van der Waals surface area contributed by atoms with Crippen LogP contribution < -0.4 is 4.74 Å². The minimum atomic E-state index is 0.0409. The van der Waals surface area contributed by atoms with Gasteiger partial charge in [-0.25, -0.2) is 0 Å². The van der Waals surface area contributed by atoms with Crippen LogP contribution in [-0.2, 0) is 6.42 Å². The summed E-state index contributed by atoms with van der Waals surface area (Å²) in [6.45, 7) is 22.4. The lowest BCUT2D eigenvalue weighted by Gasteiger charge is -2.13. The molecule has 0 bridgehead atoms. The predicted molar refractivity (Wildman–Crippen MR) is 129 cm³/mol. The van der Waals surface area contributed by atoms with Crippen LogP contribution in [0, 0.1) is 0 Å². The van der Waals surface area contributed by atoms with Crippen LogP contribution in [0.1, 0.15) is 81.9 Å². The molecule has 0 amide bonds. The number of benzene rings is 2. The highest BCUT2D eigenvalue weighted by Gasteiger charge is 2.07. The van der Waals surface area contributed by atoms with Gasteiger partial charge in [-0.1, -0.05) is 88.8 Å². The van der Waals surface area contributed by atoms with Crippen molar-refractivity contribution < 1.29 is 9.53 Å². The number of ether oxygens (including phenoxy) is 1. The number of allylic oxidation sites excluding steroid dienone is 2. The Bertz CT molecular complexity index is 800. The molecule has 0 saturated carbocycles. The maximum atomic E-state index is 11.4. The lowest BCUT2D eigenvalue weighted by Crippen LogP contribution is -2.04. The first-order valence-electron chi connectivity index (χ1n) is 10.5. The number of carbonyl (C=O) groups excluding carboxylic acids is 1. The molecule has 0 spiro atoms. The molecule has 0 fully saturated rings. The minimum Gasteiger partial charge on any atom is -0.493 e. The van der Waals surface area contributed by atoms with Crippen LogP contribution in [0.2, 0.25) is 0 Å². The maximum Gasteiger partial charge on any atom is 0.159 e. The number of rotatable bonds is 7. The Morgan fingerprint density at radius 2 is 1.52 bits per heavy atom.